The van der Waals surface area contributed by atoms with Gasteiger partial charge in [-0.3, -0.25) is 10.1 Å². The summed E-state index contributed by atoms with van der Waals surface area (Å²) in [6.45, 7) is 6.15. The lowest BCUT2D eigenvalue weighted by Crippen LogP contribution is -2.28. The van der Waals surface area contributed by atoms with E-state index in [-0.39, 0.29) is 11.4 Å². The molecule has 0 aliphatic heterocycles. The minimum atomic E-state index is -0.508. The third-order valence-electron chi connectivity index (χ3n) is 3.62. The number of hydrogen-bond acceptors (Lipinski definition) is 3. The Morgan fingerprint density at radius 2 is 1.83 bits per heavy atom. The van der Waals surface area contributed by atoms with Crippen molar-refractivity contribution in [2.75, 3.05) is 5.32 Å². The maximum atomic E-state index is 12.0. The van der Waals surface area contributed by atoms with Gasteiger partial charge in [-0.2, -0.15) is 0 Å². The molecule has 0 atom stereocenters. The fraction of sp³-hybridized carbons (Fsp3) is 0.235. The summed E-state index contributed by atoms with van der Waals surface area (Å²) in [4.78, 5) is 22.5. The third-order valence-corrected chi connectivity index (χ3v) is 3.62. The molecule has 120 valence electrons. The van der Waals surface area contributed by atoms with E-state index in [9.17, 15) is 14.9 Å². The Labute approximate surface area is 134 Å². The van der Waals surface area contributed by atoms with E-state index >= 15 is 0 Å². The number of nitro benzene ring substituents is 1. The Morgan fingerprint density at radius 3 is 2.48 bits per heavy atom. The minimum absolute atomic E-state index is 0.119. The van der Waals surface area contributed by atoms with E-state index in [0.29, 0.717) is 6.54 Å². The molecule has 0 heterocycles. The summed E-state index contributed by atoms with van der Waals surface area (Å²) >= 11 is 0. The molecule has 0 spiro atoms. The highest BCUT2D eigenvalue weighted by Crippen LogP contribution is 2.25. The maximum absolute atomic E-state index is 12.0. The van der Waals surface area contributed by atoms with Crippen molar-refractivity contribution >= 4 is 17.4 Å². The molecule has 2 rings (SSSR count). The van der Waals surface area contributed by atoms with Gasteiger partial charge >= 0.3 is 6.03 Å². The molecule has 6 heteroatoms. The number of anilines is 1. The molecule has 2 N–H and O–H groups in total. The number of nitrogens with zero attached hydrogens (tertiary/aromatic N) is 1. The zero-order chi connectivity index (χ0) is 17.0. The number of hydrogen-bond donors (Lipinski definition) is 2. The molecule has 0 fully saturated rings. The third kappa shape index (κ3) is 4.29. The van der Waals surface area contributed by atoms with Crippen LogP contribution in [0, 0.1) is 30.9 Å². The average Bonchev–Trinajstić information content (AvgIpc) is 2.50. The van der Waals surface area contributed by atoms with Gasteiger partial charge in [0.05, 0.1) is 4.92 Å². The van der Waals surface area contributed by atoms with Gasteiger partial charge in [0.25, 0.3) is 5.69 Å². The monoisotopic (exact) mass is 313 g/mol. The SMILES string of the molecule is Cc1ccc(NC(=O)NCc2ccc(C)c(C)c2)c([N+](=O)[O-])c1. The lowest BCUT2D eigenvalue weighted by atomic mass is 10.1. The van der Waals surface area contributed by atoms with Crippen LogP contribution in [0.4, 0.5) is 16.2 Å². The first-order chi connectivity index (χ1) is 10.9. The summed E-state index contributed by atoms with van der Waals surface area (Å²) in [5.41, 5.74) is 4.14. The molecular weight excluding hydrogens is 294 g/mol. The molecule has 0 aromatic heterocycles. The number of carbonyl (C=O) groups excluding carboxylic acids is 1. The van der Waals surface area contributed by atoms with Gasteiger partial charge in [-0.05, 0) is 49.1 Å². The molecule has 2 aromatic carbocycles. The van der Waals surface area contributed by atoms with Crippen LogP contribution in [0.15, 0.2) is 36.4 Å². The number of nitro groups is 1. The van der Waals surface area contributed by atoms with Crippen molar-refractivity contribution in [2.45, 2.75) is 27.3 Å². The van der Waals surface area contributed by atoms with Crippen LogP contribution in [0.2, 0.25) is 0 Å². The van der Waals surface area contributed by atoms with Gasteiger partial charge in [0, 0.05) is 12.6 Å². The average molecular weight is 313 g/mol. The fourth-order valence-corrected chi connectivity index (χ4v) is 2.16. The van der Waals surface area contributed by atoms with Gasteiger partial charge in [0.15, 0.2) is 0 Å². The van der Waals surface area contributed by atoms with Crippen LogP contribution in [0.5, 0.6) is 0 Å². The second-order valence-electron chi connectivity index (χ2n) is 5.50. The first-order valence-electron chi connectivity index (χ1n) is 7.23. The van der Waals surface area contributed by atoms with Crippen molar-refractivity contribution in [1.82, 2.24) is 5.32 Å². The number of rotatable bonds is 4. The number of benzene rings is 2. The molecule has 2 aromatic rings. The van der Waals surface area contributed by atoms with Crippen molar-refractivity contribution in [2.24, 2.45) is 0 Å². The van der Waals surface area contributed by atoms with Crippen LogP contribution < -0.4 is 10.6 Å². The summed E-state index contributed by atoms with van der Waals surface area (Å²) in [6, 6.07) is 10.1. The van der Waals surface area contributed by atoms with Gasteiger partial charge in [-0.15, -0.1) is 0 Å². The number of carbonyl (C=O) groups is 1. The van der Waals surface area contributed by atoms with Crippen LogP contribution in [0.25, 0.3) is 0 Å². The van der Waals surface area contributed by atoms with Crippen LogP contribution in [-0.4, -0.2) is 11.0 Å². The highest BCUT2D eigenvalue weighted by molar-refractivity contribution is 5.91. The van der Waals surface area contributed by atoms with Crippen molar-refractivity contribution in [3.8, 4) is 0 Å². The summed E-state index contributed by atoms with van der Waals surface area (Å²) in [7, 11) is 0. The van der Waals surface area contributed by atoms with E-state index in [4.69, 9.17) is 0 Å². The Kier molecular flexibility index (Phi) is 4.95. The normalized spacial score (nSPS) is 10.2. The predicted octanol–water partition coefficient (Wildman–Crippen LogP) is 3.84. The smallest absolute Gasteiger partial charge is 0.319 e. The zero-order valence-corrected chi connectivity index (χ0v) is 13.3. The maximum Gasteiger partial charge on any atom is 0.319 e. The van der Waals surface area contributed by atoms with Gasteiger partial charge in [0.2, 0.25) is 0 Å². The summed E-state index contributed by atoms with van der Waals surface area (Å²) in [5, 5.41) is 16.3. The van der Waals surface area contributed by atoms with Gasteiger partial charge in [-0.25, -0.2) is 4.79 Å². The van der Waals surface area contributed by atoms with E-state index in [1.807, 2.05) is 32.0 Å². The van der Waals surface area contributed by atoms with E-state index in [2.05, 4.69) is 10.6 Å². The van der Waals surface area contributed by atoms with Crippen molar-refractivity contribution in [1.29, 1.82) is 0 Å². The molecule has 2 amide bonds. The Hall–Kier alpha value is -2.89. The van der Waals surface area contributed by atoms with Gasteiger partial charge < -0.3 is 10.6 Å². The Morgan fingerprint density at radius 1 is 1.09 bits per heavy atom. The van der Waals surface area contributed by atoms with Crippen LogP contribution >= 0.6 is 0 Å². The van der Waals surface area contributed by atoms with Crippen LogP contribution in [0.3, 0.4) is 0 Å². The lowest BCUT2D eigenvalue weighted by Gasteiger charge is -2.09. The lowest BCUT2D eigenvalue weighted by molar-refractivity contribution is -0.384. The van der Waals surface area contributed by atoms with Gasteiger partial charge in [-0.1, -0.05) is 24.3 Å². The number of urea groups is 1. The van der Waals surface area contributed by atoms with E-state index in [1.165, 1.54) is 17.7 Å². The van der Waals surface area contributed by atoms with Crippen LogP contribution in [0.1, 0.15) is 22.3 Å². The zero-order valence-electron chi connectivity index (χ0n) is 13.3. The molecular formula is C17H19N3O3. The molecule has 0 bridgehead atoms. The number of aryl methyl sites for hydroxylation is 3. The first kappa shape index (κ1) is 16.5. The summed E-state index contributed by atoms with van der Waals surface area (Å²) < 4.78 is 0. The second kappa shape index (κ2) is 6.91. The predicted molar refractivity (Wildman–Crippen MR) is 89.6 cm³/mol. The first-order valence-corrected chi connectivity index (χ1v) is 7.23. The minimum Gasteiger partial charge on any atom is -0.334 e. The molecule has 6 nitrogen and oxygen atoms in total. The highest BCUT2D eigenvalue weighted by Gasteiger charge is 2.15. The summed E-state index contributed by atoms with van der Waals surface area (Å²) in [6.07, 6.45) is 0. The highest BCUT2D eigenvalue weighted by atomic mass is 16.6. The molecule has 0 unspecified atom stereocenters. The van der Waals surface area contributed by atoms with Crippen molar-refractivity contribution in [3.05, 3.63) is 68.8 Å². The van der Waals surface area contributed by atoms with E-state index in [0.717, 1.165) is 16.7 Å². The second-order valence-corrected chi connectivity index (χ2v) is 5.50. The molecule has 0 saturated carbocycles. The molecule has 0 saturated heterocycles. The largest absolute Gasteiger partial charge is 0.334 e. The Bertz CT molecular complexity index is 757. The fourth-order valence-electron chi connectivity index (χ4n) is 2.16. The quantitative estimate of drug-likeness (QED) is 0.664. The number of amides is 2. The van der Waals surface area contributed by atoms with Crippen molar-refractivity contribution < 1.29 is 9.72 Å². The molecule has 0 aliphatic rings. The summed E-state index contributed by atoms with van der Waals surface area (Å²) in [5.74, 6) is 0. The van der Waals surface area contributed by atoms with Gasteiger partial charge in [0.1, 0.15) is 5.69 Å². The topological polar surface area (TPSA) is 84.3 Å². The molecule has 0 radical (unpaired) electrons. The standard InChI is InChI=1S/C17H19N3O3/c1-11-4-7-15(16(8-11)20(22)23)19-17(21)18-10-14-6-5-12(2)13(3)9-14/h4-9H,10H2,1-3H3,(H2,18,19,21). The van der Waals surface area contributed by atoms with E-state index in [1.54, 1.807) is 13.0 Å². The Balaban J connectivity index is 2.02. The van der Waals surface area contributed by atoms with Crippen LogP contribution in [-0.2, 0) is 6.54 Å². The number of nitrogens with one attached hydrogen (secondary N) is 2. The molecule has 0 aliphatic carbocycles. The molecule has 23 heavy (non-hydrogen) atoms. The van der Waals surface area contributed by atoms with E-state index < -0.39 is 11.0 Å². The van der Waals surface area contributed by atoms with Crippen molar-refractivity contribution in [3.63, 3.8) is 0 Å².